The summed E-state index contributed by atoms with van der Waals surface area (Å²) >= 11 is 1.42. The zero-order chi connectivity index (χ0) is 19.1. The van der Waals surface area contributed by atoms with Gasteiger partial charge in [-0.3, -0.25) is 0 Å². The van der Waals surface area contributed by atoms with Gasteiger partial charge in [-0.2, -0.15) is 0 Å². The summed E-state index contributed by atoms with van der Waals surface area (Å²) in [5.74, 6) is 0.0935. The van der Waals surface area contributed by atoms with Crippen LogP contribution in [-0.2, 0) is 14.0 Å². The number of aromatic nitrogens is 1. The van der Waals surface area contributed by atoms with Crippen molar-refractivity contribution in [3.05, 3.63) is 29.2 Å². The van der Waals surface area contributed by atoms with Gasteiger partial charge in [0.05, 0.1) is 21.1 Å². The molecule has 0 N–H and O–H groups in total. The summed E-state index contributed by atoms with van der Waals surface area (Å²) in [6, 6.07) is 3.07. The maximum Gasteiger partial charge on any atom is 0.498 e. The summed E-state index contributed by atoms with van der Waals surface area (Å²) in [6.07, 6.45) is 1.66. The topological polar surface area (TPSA) is 49.8 Å². The van der Waals surface area contributed by atoms with Crippen LogP contribution in [0.25, 0.3) is 10.4 Å². The minimum atomic E-state index is -0.724. The lowest BCUT2D eigenvalue weighted by molar-refractivity contribution is 0.00578. The summed E-state index contributed by atoms with van der Waals surface area (Å²) in [4.78, 5) is 4.94. The first-order valence-corrected chi connectivity index (χ1v) is 9.20. The van der Waals surface area contributed by atoms with Gasteiger partial charge in [0.1, 0.15) is 11.6 Å². The molecule has 0 aliphatic carbocycles. The zero-order valence-electron chi connectivity index (χ0n) is 15.9. The first-order valence-electron chi connectivity index (χ1n) is 8.38. The average Bonchev–Trinajstić information content (AvgIpc) is 3.06. The Kier molecular flexibility index (Phi) is 5.14. The second-order valence-electron chi connectivity index (χ2n) is 7.25. The monoisotopic (exact) mass is 379 g/mol. The molecule has 3 rings (SSSR count). The molecular formula is C18H23BFNO4S. The van der Waals surface area contributed by atoms with E-state index in [0.717, 1.165) is 9.88 Å². The number of rotatable bonds is 5. The maximum absolute atomic E-state index is 14.9. The van der Waals surface area contributed by atoms with Gasteiger partial charge >= 0.3 is 7.12 Å². The van der Waals surface area contributed by atoms with E-state index in [0.29, 0.717) is 16.8 Å². The van der Waals surface area contributed by atoms with Crippen molar-refractivity contribution in [3.8, 4) is 16.2 Å². The van der Waals surface area contributed by atoms with Gasteiger partial charge in [-0.05, 0) is 46.8 Å². The number of methoxy groups -OCH3 is 1. The standard InChI is InChI=1S/C18H23BFNO4S/c1-11-21-9-16(26-11)12-7-15(23-10-22-6)13(8-14(12)20)19-24-17(2,3)18(4,5)25-19/h7-9H,10H2,1-6H3. The summed E-state index contributed by atoms with van der Waals surface area (Å²) in [5, 5.41) is 0.869. The Morgan fingerprint density at radius 2 is 1.85 bits per heavy atom. The number of ether oxygens (including phenoxy) is 2. The molecule has 8 heteroatoms. The highest BCUT2D eigenvalue weighted by molar-refractivity contribution is 7.15. The lowest BCUT2D eigenvalue weighted by Crippen LogP contribution is -2.41. The van der Waals surface area contributed by atoms with Crippen LogP contribution >= 0.6 is 11.3 Å². The minimum absolute atomic E-state index is 0.0410. The quantitative estimate of drug-likeness (QED) is 0.588. The molecule has 0 bridgehead atoms. The highest BCUT2D eigenvalue weighted by atomic mass is 32.1. The number of thiazole rings is 1. The van der Waals surface area contributed by atoms with E-state index in [1.165, 1.54) is 24.5 Å². The molecule has 1 aliphatic heterocycles. The van der Waals surface area contributed by atoms with Gasteiger partial charge < -0.3 is 18.8 Å². The normalized spacial score (nSPS) is 18.3. The molecule has 2 aromatic rings. The fraction of sp³-hybridized carbons (Fsp3) is 0.500. The minimum Gasteiger partial charge on any atom is -0.468 e. The molecule has 1 aromatic carbocycles. The van der Waals surface area contributed by atoms with E-state index in [4.69, 9.17) is 18.8 Å². The average molecular weight is 379 g/mol. The third kappa shape index (κ3) is 3.51. The molecule has 140 valence electrons. The Bertz CT molecular complexity index is 792. The van der Waals surface area contributed by atoms with Crippen LogP contribution in [0.5, 0.6) is 5.75 Å². The number of benzene rings is 1. The van der Waals surface area contributed by atoms with Crippen LogP contribution in [0.2, 0.25) is 0 Å². The zero-order valence-corrected chi connectivity index (χ0v) is 16.7. The predicted molar refractivity (Wildman–Crippen MR) is 100 cm³/mol. The molecule has 1 aromatic heterocycles. The molecule has 26 heavy (non-hydrogen) atoms. The van der Waals surface area contributed by atoms with Crippen molar-refractivity contribution < 1.29 is 23.2 Å². The Labute approximate surface area is 157 Å². The number of nitrogens with zero attached hydrogens (tertiary/aromatic N) is 1. The van der Waals surface area contributed by atoms with E-state index >= 15 is 0 Å². The first kappa shape index (κ1) is 19.3. The summed E-state index contributed by atoms with van der Waals surface area (Å²) in [7, 11) is 0.810. The molecule has 0 saturated carbocycles. The molecule has 1 fully saturated rings. The summed E-state index contributed by atoms with van der Waals surface area (Å²) in [6.45, 7) is 9.73. The number of hydrogen-bond acceptors (Lipinski definition) is 6. The molecule has 0 atom stereocenters. The Balaban J connectivity index is 2.03. The molecule has 1 saturated heterocycles. The first-order chi connectivity index (χ1) is 12.1. The van der Waals surface area contributed by atoms with Crippen molar-refractivity contribution in [1.29, 1.82) is 0 Å². The van der Waals surface area contributed by atoms with Gasteiger partial charge in [-0.25, -0.2) is 9.37 Å². The van der Waals surface area contributed by atoms with Crippen molar-refractivity contribution in [2.45, 2.75) is 45.8 Å². The summed E-state index contributed by atoms with van der Waals surface area (Å²) in [5.41, 5.74) is -0.120. The van der Waals surface area contributed by atoms with Crippen molar-refractivity contribution in [2.75, 3.05) is 13.9 Å². The lowest BCUT2D eigenvalue weighted by Gasteiger charge is -2.32. The highest BCUT2D eigenvalue weighted by Gasteiger charge is 2.52. The number of halogens is 1. The van der Waals surface area contributed by atoms with Gasteiger partial charge in [0.25, 0.3) is 0 Å². The van der Waals surface area contributed by atoms with Crippen LogP contribution in [0.4, 0.5) is 4.39 Å². The summed E-state index contributed by atoms with van der Waals surface area (Å²) < 4.78 is 37.7. The van der Waals surface area contributed by atoms with Crippen molar-refractivity contribution in [1.82, 2.24) is 4.98 Å². The predicted octanol–water partition coefficient (Wildman–Crippen LogP) is 3.54. The Morgan fingerprint density at radius 1 is 1.19 bits per heavy atom. The van der Waals surface area contributed by atoms with Gasteiger partial charge in [-0.15, -0.1) is 11.3 Å². The SMILES string of the molecule is COCOc1cc(-c2cnc(C)s2)c(F)cc1B1OC(C)(C)C(C)(C)O1. The smallest absolute Gasteiger partial charge is 0.468 e. The van der Waals surface area contributed by atoms with Crippen molar-refractivity contribution >= 4 is 23.9 Å². The second kappa shape index (κ2) is 6.92. The molecule has 0 unspecified atom stereocenters. The van der Waals surface area contributed by atoms with Crippen LogP contribution in [-0.4, -0.2) is 37.2 Å². The van der Waals surface area contributed by atoms with E-state index in [2.05, 4.69) is 4.98 Å². The highest BCUT2D eigenvalue weighted by Crippen LogP contribution is 2.38. The van der Waals surface area contributed by atoms with Gasteiger partial charge in [0.15, 0.2) is 6.79 Å². The molecule has 0 radical (unpaired) electrons. The van der Waals surface area contributed by atoms with Crippen LogP contribution < -0.4 is 10.2 Å². The third-order valence-electron chi connectivity index (χ3n) is 4.83. The van der Waals surface area contributed by atoms with Crippen molar-refractivity contribution in [3.63, 3.8) is 0 Å². The maximum atomic E-state index is 14.9. The van der Waals surface area contributed by atoms with Gasteiger partial charge in [0.2, 0.25) is 0 Å². The molecule has 0 spiro atoms. The largest absolute Gasteiger partial charge is 0.498 e. The van der Waals surface area contributed by atoms with Gasteiger partial charge in [0, 0.05) is 24.3 Å². The fourth-order valence-electron chi connectivity index (χ4n) is 2.65. The number of aryl methyl sites for hydroxylation is 1. The van der Waals surface area contributed by atoms with E-state index in [1.807, 2.05) is 34.6 Å². The lowest BCUT2D eigenvalue weighted by atomic mass is 9.77. The van der Waals surface area contributed by atoms with E-state index in [1.54, 1.807) is 12.3 Å². The number of hydrogen-bond donors (Lipinski definition) is 0. The fourth-order valence-corrected chi connectivity index (χ4v) is 3.44. The van der Waals surface area contributed by atoms with Crippen LogP contribution in [0.15, 0.2) is 18.3 Å². The van der Waals surface area contributed by atoms with Crippen molar-refractivity contribution in [2.24, 2.45) is 0 Å². The second-order valence-corrected chi connectivity index (χ2v) is 8.49. The molecule has 2 heterocycles. The molecule has 1 aliphatic rings. The molecular weight excluding hydrogens is 356 g/mol. The molecule has 0 amide bonds. The van der Waals surface area contributed by atoms with Crippen LogP contribution in [0.1, 0.15) is 32.7 Å². The molecule has 5 nitrogen and oxygen atoms in total. The van der Waals surface area contributed by atoms with E-state index in [-0.39, 0.29) is 12.6 Å². The Morgan fingerprint density at radius 3 is 2.38 bits per heavy atom. The van der Waals surface area contributed by atoms with Crippen LogP contribution in [0, 0.1) is 12.7 Å². The van der Waals surface area contributed by atoms with E-state index in [9.17, 15) is 4.39 Å². The third-order valence-corrected chi connectivity index (χ3v) is 5.77. The van der Waals surface area contributed by atoms with Gasteiger partial charge in [-0.1, -0.05) is 0 Å². The van der Waals surface area contributed by atoms with Crippen LogP contribution in [0.3, 0.4) is 0 Å². The Hall–Kier alpha value is -1.48. The van der Waals surface area contributed by atoms with E-state index < -0.39 is 18.3 Å².